The first kappa shape index (κ1) is 11.9. The van der Waals surface area contributed by atoms with Gasteiger partial charge in [0.15, 0.2) is 0 Å². The van der Waals surface area contributed by atoms with Gasteiger partial charge in [0, 0.05) is 17.0 Å². The molecule has 0 aliphatic rings. The molecule has 3 nitrogen and oxygen atoms in total. The van der Waals surface area contributed by atoms with E-state index in [0.717, 1.165) is 12.1 Å². The number of carboxylic acid groups (broad SMARTS) is 1. The van der Waals surface area contributed by atoms with Gasteiger partial charge in [0.25, 0.3) is 0 Å². The molecule has 0 saturated heterocycles. The van der Waals surface area contributed by atoms with Crippen molar-refractivity contribution in [3.8, 4) is 0 Å². The van der Waals surface area contributed by atoms with E-state index in [9.17, 15) is 13.6 Å². The van der Waals surface area contributed by atoms with Gasteiger partial charge in [-0.05, 0) is 12.1 Å². The first-order chi connectivity index (χ1) is 6.91. The molecule has 0 aromatic heterocycles. The van der Waals surface area contributed by atoms with Crippen LogP contribution in [-0.4, -0.2) is 17.1 Å². The Labute approximate surface area is 89.5 Å². The molecule has 0 bridgehead atoms. The number of aliphatic carboxylic acids is 1. The summed E-state index contributed by atoms with van der Waals surface area (Å²) in [5, 5.41) is 8.40. The Bertz CT molecular complexity index is 375. The highest BCUT2D eigenvalue weighted by Crippen LogP contribution is 2.19. The van der Waals surface area contributed by atoms with E-state index in [2.05, 4.69) is 0 Å². The van der Waals surface area contributed by atoms with Crippen molar-refractivity contribution in [3.63, 3.8) is 0 Å². The highest BCUT2D eigenvalue weighted by molar-refractivity contribution is 6.30. The maximum atomic E-state index is 13.2. The molecule has 6 heteroatoms. The maximum Gasteiger partial charge on any atom is 0.320 e. The van der Waals surface area contributed by atoms with Crippen LogP contribution in [0.5, 0.6) is 0 Å². The fourth-order valence-corrected chi connectivity index (χ4v) is 1.27. The standard InChI is InChI=1S/C9H8ClF2NO2/c10-4-1-6(11)5(7(12)2-4)3-8(13)9(14)15/h1-2,8H,3,13H2,(H,14,15)/t8-/m1/s1. The average Bonchev–Trinajstić information content (AvgIpc) is 2.10. The third-order valence-corrected chi connectivity index (χ3v) is 2.07. The Morgan fingerprint density at radius 3 is 2.33 bits per heavy atom. The van der Waals surface area contributed by atoms with Crippen molar-refractivity contribution in [3.05, 3.63) is 34.4 Å². The number of carboxylic acids is 1. The number of carbonyl (C=O) groups is 1. The van der Waals surface area contributed by atoms with Gasteiger partial charge in [-0.15, -0.1) is 0 Å². The zero-order valence-electron chi connectivity index (χ0n) is 7.51. The van der Waals surface area contributed by atoms with E-state index in [0.29, 0.717) is 0 Å². The third kappa shape index (κ3) is 2.87. The molecule has 0 unspecified atom stereocenters. The maximum absolute atomic E-state index is 13.2. The minimum absolute atomic E-state index is 0.0855. The van der Waals surface area contributed by atoms with E-state index < -0.39 is 30.1 Å². The molecule has 82 valence electrons. The minimum Gasteiger partial charge on any atom is -0.480 e. The molecule has 1 rings (SSSR count). The summed E-state index contributed by atoms with van der Waals surface area (Å²) in [6, 6.07) is 0.485. The predicted octanol–water partition coefficient (Wildman–Crippen LogP) is 1.57. The molecule has 3 N–H and O–H groups in total. The van der Waals surface area contributed by atoms with Crippen molar-refractivity contribution in [1.29, 1.82) is 0 Å². The minimum atomic E-state index is -1.34. The fraction of sp³-hybridized carbons (Fsp3) is 0.222. The Kier molecular flexibility index (Phi) is 3.60. The second-order valence-corrected chi connectivity index (χ2v) is 3.43. The SMILES string of the molecule is N[C@H](Cc1c(F)cc(Cl)cc1F)C(=O)O. The molecule has 0 aliphatic carbocycles. The number of hydrogen-bond donors (Lipinski definition) is 2. The molecule has 0 spiro atoms. The second-order valence-electron chi connectivity index (χ2n) is 3.00. The Balaban J connectivity index is 3.00. The van der Waals surface area contributed by atoms with Gasteiger partial charge in [0.2, 0.25) is 0 Å². The number of hydrogen-bond acceptors (Lipinski definition) is 2. The normalized spacial score (nSPS) is 12.5. The molecule has 0 radical (unpaired) electrons. The molecular weight excluding hydrogens is 228 g/mol. The van der Waals surface area contributed by atoms with Gasteiger partial charge in [-0.2, -0.15) is 0 Å². The average molecular weight is 236 g/mol. The van der Waals surface area contributed by atoms with Crippen LogP contribution >= 0.6 is 11.6 Å². The zero-order valence-corrected chi connectivity index (χ0v) is 8.26. The predicted molar refractivity (Wildman–Crippen MR) is 50.7 cm³/mol. The van der Waals surface area contributed by atoms with Crippen molar-refractivity contribution in [1.82, 2.24) is 0 Å². The van der Waals surface area contributed by atoms with Gasteiger partial charge >= 0.3 is 5.97 Å². The molecule has 1 aromatic carbocycles. The molecule has 1 atom stereocenters. The van der Waals surface area contributed by atoms with Gasteiger partial charge in [-0.1, -0.05) is 11.6 Å². The summed E-state index contributed by atoms with van der Waals surface area (Å²) < 4.78 is 26.3. The summed E-state index contributed by atoms with van der Waals surface area (Å²) in [6.45, 7) is 0. The molecule has 0 aliphatic heterocycles. The lowest BCUT2D eigenvalue weighted by atomic mass is 10.1. The summed E-state index contributed by atoms with van der Waals surface area (Å²) in [7, 11) is 0. The van der Waals surface area contributed by atoms with Gasteiger partial charge in [0.05, 0.1) is 0 Å². The van der Waals surface area contributed by atoms with E-state index in [1.807, 2.05) is 0 Å². The fourth-order valence-electron chi connectivity index (χ4n) is 1.07. The largest absolute Gasteiger partial charge is 0.480 e. The van der Waals surface area contributed by atoms with Crippen LogP contribution in [0.3, 0.4) is 0 Å². The summed E-state index contributed by atoms with van der Waals surface area (Å²) >= 11 is 5.39. The van der Waals surface area contributed by atoms with Crippen LogP contribution in [0, 0.1) is 11.6 Å². The summed E-state index contributed by atoms with van der Waals surface area (Å²) in [6.07, 6.45) is -0.413. The summed E-state index contributed by atoms with van der Waals surface area (Å²) in [5.74, 6) is -3.10. The summed E-state index contributed by atoms with van der Waals surface area (Å²) in [5.41, 5.74) is 4.79. The first-order valence-electron chi connectivity index (χ1n) is 4.03. The van der Waals surface area contributed by atoms with Gasteiger partial charge in [-0.25, -0.2) is 8.78 Å². The number of rotatable bonds is 3. The molecule has 0 saturated carbocycles. The van der Waals surface area contributed by atoms with E-state index in [4.69, 9.17) is 22.4 Å². The molecule has 1 aromatic rings. The first-order valence-corrected chi connectivity index (χ1v) is 4.41. The number of halogens is 3. The monoisotopic (exact) mass is 235 g/mol. The van der Waals surface area contributed by atoms with Gasteiger partial charge in [-0.3, -0.25) is 4.79 Å². The zero-order chi connectivity index (χ0) is 11.6. The smallest absolute Gasteiger partial charge is 0.320 e. The Hall–Kier alpha value is -1.20. The Morgan fingerprint density at radius 2 is 1.93 bits per heavy atom. The van der Waals surface area contributed by atoms with Gasteiger partial charge < -0.3 is 10.8 Å². The van der Waals surface area contributed by atoms with Crippen molar-refractivity contribution in [2.45, 2.75) is 12.5 Å². The lowest BCUT2D eigenvalue weighted by Crippen LogP contribution is -2.32. The topological polar surface area (TPSA) is 63.3 Å². The van der Waals surface area contributed by atoms with E-state index in [-0.39, 0.29) is 10.6 Å². The van der Waals surface area contributed by atoms with Crippen molar-refractivity contribution >= 4 is 17.6 Å². The molecular formula is C9H8ClF2NO2. The van der Waals surface area contributed by atoms with E-state index in [1.54, 1.807) is 0 Å². The van der Waals surface area contributed by atoms with Crippen LogP contribution in [0.25, 0.3) is 0 Å². The van der Waals surface area contributed by atoms with Crippen LogP contribution in [-0.2, 0) is 11.2 Å². The molecule has 15 heavy (non-hydrogen) atoms. The van der Waals surface area contributed by atoms with Crippen molar-refractivity contribution in [2.24, 2.45) is 5.73 Å². The van der Waals surface area contributed by atoms with Gasteiger partial charge in [0.1, 0.15) is 17.7 Å². The quantitative estimate of drug-likeness (QED) is 0.836. The molecule has 0 fully saturated rings. The highest BCUT2D eigenvalue weighted by Gasteiger charge is 2.18. The van der Waals surface area contributed by atoms with Crippen molar-refractivity contribution < 1.29 is 18.7 Å². The number of nitrogens with two attached hydrogens (primary N) is 1. The lowest BCUT2D eigenvalue weighted by Gasteiger charge is -2.08. The summed E-state index contributed by atoms with van der Waals surface area (Å²) in [4.78, 5) is 10.4. The Morgan fingerprint density at radius 1 is 1.47 bits per heavy atom. The van der Waals surface area contributed by atoms with Crippen LogP contribution in [0.4, 0.5) is 8.78 Å². The number of benzene rings is 1. The third-order valence-electron chi connectivity index (χ3n) is 1.85. The van der Waals surface area contributed by atoms with Crippen LogP contribution in [0.2, 0.25) is 5.02 Å². The molecule has 0 heterocycles. The highest BCUT2D eigenvalue weighted by atomic mass is 35.5. The van der Waals surface area contributed by atoms with Crippen LogP contribution in [0.15, 0.2) is 12.1 Å². The molecule has 0 amide bonds. The lowest BCUT2D eigenvalue weighted by molar-refractivity contribution is -0.138. The van der Waals surface area contributed by atoms with E-state index in [1.165, 1.54) is 0 Å². The van der Waals surface area contributed by atoms with Crippen molar-refractivity contribution in [2.75, 3.05) is 0 Å². The van der Waals surface area contributed by atoms with Crippen LogP contribution in [0.1, 0.15) is 5.56 Å². The van der Waals surface area contributed by atoms with Crippen LogP contribution < -0.4 is 5.73 Å². The van der Waals surface area contributed by atoms with E-state index >= 15 is 0 Å². The second kappa shape index (κ2) is 4.55.